The van der Waals surface area contributed by atoms with E-state index in [-0.39, 0.29) is 23.5 Å². The lowest BCUT2D eigenvalue weighted by molar-refractivity contribution is -0.675. The van der Waals surface area contributed by atoms with Gasteiger partial charge in [-0.05, 0) is 50.4 Å². The van der Waals surface area contributed by atoms with Crippen molar-refractivity contribution < 1.29 is 29.1 Å². The summed E-state index contributed by atoms with van der Waals surface area (Å²) < 4.78 is 0. The zero-order valence-electron chi connectivity index (χ0n) is 20.8. The van der Waals surface area contributed by atoms with Crippen LogP contribution in [-0.4, -0.2) is 41.3 Å². The van der Waals surface area contributed by atoms with Crippen LogP contribution in [0, 0.1) is 23.7 Å². The Kier molecular flexibility index (Phi) is 8.14. The molecule has 33 heavy (non-hydrogen) atoms. The molecule has 2 aliphatic carbocycles. The molecule has 3 unspecified atom stereocenters. The number of amides is 1. The molecular formula is C26H43NO6. The third-order valence-electron chi connectivity index (χ3n) is 8.71. The molecule has 188 valence electrons. The maximum atomic E-state index is 12.7. The van der Waals surface area contributed by atoms with Crippen LogP contribution < -0.4 is 0 Å². The van der Waals surface area contributed by atoms with Gasteiger partial charge in [0, 0.05) is 57.0 Å². The number of hydrogen-bond acceptors (Lipinski definition) is 6. The highest BCUT2D eigenvalue weighted by atomic mass is 17.4. The van der Waals surface area contributed by atoms with Crippen molar-refractivity contribution in [3.63, 3.8) is 0 Å². The van der Waals surface area contributed by atoms with Crippen LogP contribution >= 0.6 is 0 Å². The van der Waals surface area contributed by atoms with Gasteiger partial charge in [0.25, 0.3) is 0 Å². The highest BCUT2D eigenvalue weighted by Crippen LogP contribution is 2.50. The molecule has 0 aromatic heterocycles. The van der Waals surface area contributed by atoms with Gasteiger partial charge in [0.15, 0.2) is 0 Å². The van der Waals surface area contributed by atoms with Gasteiger partial charge in [-0.3, -0.25) is 9.59 Å². The Bertz CT molecular complexity index is 668. The van der Waals surface area contributed by atoms with E-state index in [0.29, 0.717) is 57.0 Å². The van der Waals surface area contributed by atoms with Crippen LogP contribution in [0.3, 0.4) is 0 Å². The van der Waals surface area contributed by atoms with Crippen LogP contribution in [0.1, 0.15) is 104 Å². The van der Waals surface area contributed by atoms with E-state index in [1.54, 1.807) is 0 Å². The van der Waals surface area contributed by atoms with E-state index < -0.39 is 11.6 Å². The number of nitrogens with zero attached hydrogens (tertiary/aromatic N) is 1. The van der Waals surface area contributed by atoms with E-state index >= 15 is 0 Å². The highest BCUT2D eigenvalue weighted by molar-refractivity contribution is 5.83. The van der Waals surface area contributed by atoms with Gasteiger partial charge in [-0.25, -0.2) is 0 Å². The Morgan fingerprint density at radius 2 is 1.58 bits per heavy atom. The van der Waals surface area contributed by atoms with Gasteiger partial charge in [-0.2, -0.15) is 19.6 Å². The molecule has 0 aromatic rings. The van der Waals surface area contributed by atoms with Gasteiger partial charge in [-0.1, -0.05) is 33.6 Å². The number of ketones is 1. The molecule has 7 nitrogen and oxygen atoms in total. The van der Waals surface area contributed by atoms with E-state index in [2.05, 4.69) is 20.8 Å². The molecule has 4 aliphatic rings. The molecule has 4 fully saturated rings. The smallest absolute Gasteiger partial charge is 0.239 e. The predicted octanol–water partition coefficient (Wildman–Crippen LogP) is 5.32. The van der Waals surface area contributed by atoms with Crippen molar-refractivity contribution in [3.05, 3.63) is 0 Å². The maximum Gasteiger partial charge on any atom is 0.239 e. The first-order chi connectivity index (χ1) is 15.9. The van der Waals surface area contributed by atoms with Gasteiger partial charge in [0.05, 0.1) is 0 Å². The monoisotopic (exact) mass is 465 g/mol. The second-order valence-electron chi connectivity index (χ2n) is 11.0. The molecule has 2 saturated heterocycles. The summed E-state index contributed by atoms with van der Waals surface area (Å²) in [5.41, 5.74) is 0. The van der Waals surface area contributed by atoms with Crippen molar-refractivity contribution >= 4 is 11.7 Å². The average molecular weight is 466 g/mol. The summed E-state index contributed by atoms with van der Waals surface area (Å²) in [6.07, 6.45) is 11.0. The fraction of sp³-hybridized carbons (Fsp3) is 0.923. The van der Waals surface area contributed by atoms with Crippen LogP contribution in [0.4, 0.5) is 0 Å². The molecule has 2 spiro atoms. The van der Waals surface area contributed by atoms with E-state index in [0.717, 1.165) is 38.5 Å². The quantitative estimate of drug-likeness (QED) is 0.523. The van der Waals surface area contributed by atoms with Crippen LogP contribution in [-0.2, 0) is 29.1 Å². The Balaban J connectivity index is 1.33. The van der Waals surface area contributed by atoms with E-state index in [4.69, 9.17) is 19.6 Å². The molecule has 0 N–H and O–H groups in total. The molecule has 2 heterocycles. The number of carbonyl (C=O) groups is 2. The fourth-order valence-electron chi connectivity index (χ4n) is 6.41. The lowest BCUT2D eigenvalue weighted by Crippen LogP contribution is -2.59. The summed E-state index contributed by atoms with van der Waals surface area (Å²) >= 11 is 0. The molecule has 0 bridgehead atoms. The molecule has 0 radical (unpaired) electrons. The predicted molar refractivity (Wildman–Crippen MR) is 122 cm³/mol. The zero-order valence-corrected chi connectivity index (χ0v) is 20.8. The fourth-order valence-corrected chi connectivity index (χ4v) is 6.41. The topological polar surface area (TPSA) is 74.3 Å². The summed E-state index contributed by atoms with van der Waals surface area (Å²) in [6.45, 7) is 7.85. The SMILES string of the molecule is CCC1CCCC(C)CC(CC)C12OOC1(CCC(CC(=O)N3CCC(=O)CC3)CC1)OO2. The first-order valence-electron chi connectivity index (χ1n) is 13.4. The minimum absolute atomic E-state index is 0.167. The van der Waals surface area contributed by atoms with Gasteiger partial charge in [-0.15, -0.1) is 0 Å². The van der Waals surface area contributed by atoms with Crippen LogP contribution in [0.2, 0.25) is 0 Å². The third kappa shape index (κ3) is 5.47. The van der Waals surface area contributed by atoms with Crippen LogP contribution in [0.25, 0.3) is 0 Å². The molecule has 1 amide bonds. The first-order valence-corrected chi connectivity index (χ1v) is 13.4. The molecule has 2 aliphatic heterocycles. The van der Waals surface area contributed by atoms with Crippen molar-refractivity contribution in [2.75, 3.05) is 13.1 Å². The van der Waals surface area contributed by atoms with Gasteiger partial charge in [0.1, 0.15) is 5.78 Å². The normalized spacial score (nSPS) is 40.6. The van der Waals surface area contributed by atoms with Gasteiger partial charge >= 0.3 is 0 Å². The molecule has 7 heteroatoms. The number of carbonyl (C=O) groups excluding carboxylic acids is 2. The van der Waals surface area contributed by atoms with E-state index in [9.17, 15) is 9.59 Å². The highest BCUT2D eigenvalue weighted by Gasteiger charge is 2.57. The summed E-state index contributed by atoms with van der Waals surface area (Å²) in [7, 11) is 0. The zero-order chi connectivity index (χ0) is 23.5. The lowest BCUT2D eigenvalue weighted by Gasteiger charge is -2.51. The van der Waals surface area contributed by atoms with Crippen molar-refractivity contribution in [2.24, 2.45) is 23.7 Å². The standard InChI is InChI=1S/C26H43NO6/c1-4-21-8-6-7-19(3)17-22(5-2)26(21)32-30-25(31-33-26)13-9-20(10-14-25)18-24(29)27-15-11-23(28)12-16-27/h19-22H,4-18H2,1-3H3. The van der Waals surface area contributed by atoms with Crippen molar-refractivity contribution in [1.82, 2.24) is 4.90 Å². The average Bonchev–Trinajstić information content (AvgIpc) is 2.82. The van der Waals surface area contributed by atoms with Gasteiger partial charge < -0.3 is 4.90 Å². The molecule has 4 rings (SSSR count). The number of hydrogen-bond donors (Lipinski definition) is 0. The van der Waals surface area contributed by atoms with Crippen molar-refractivity contribution in [1.29, 1.82) is 0 Å². The number of likely N-dealkylation sites (tertiary alicyclic amines) is 1. The molecule has 3 atom stereocenters. The second kappa shape index (κ2) is 10.7. The van der Waals surface area contributed by atoms with Gasteiger partial charge in [0.2, 0.25) is 17.5 Å². The number of piperidine rings is 1. The van der Waals surface area contributed by atoms with E-state index in [1.165, 1.54) is 12.8 Å². The van der Waals surface area contributed by atoms with Crippen LogP contribution in [0.5, 0.6) is 0 Å². The number of Topliss-reactive ketones (excluding diaryl/α,β-unsaturated/α-hetero) is 1. The Labute approximate surface area is 198 Å². The molecular weight excluding hydrogens is 422 g/mol. The minimum atomic E-state index is -0.868. The van der Waals surface area contributed by atoms with E-state index in [1.807, 2.05) is 4.90 Å². The van der Waals surface area contributed by atoms with Crippen LogP contribution in [0.15, 0.2) is 0 Å². The minimum Gasteiger partial charge on any atom is -0.342 e. The summed E-state index contributed by atoms with van der Waals surface area (Å²) in [5.74, 6) is 0.155. The Morgan fingerprint density at radius 3 is 2.18 bits per heavy atom. The Morgan fingerprint density at radius 1 is 0.939 bits per heavy atom. The largest absolute Gasteiger partial charge is 0.342 e. The maximum absolute atomic E-state index is 12.7. The Hall–Kier alpha value is -1.02. The molecule has 2 saturated carbocycles. The molecule has 0 aromatic carbocycles. The summed E-state index contributed by atoms with van der Waals surface area (Å²) in [5, 5.41) is 0. The van der Waals surface area contributed by atoms with Crippen molar-refractivity contribution in [3.8, 4) is 0 Å². The first kappa shape index (κ1) is 25.1. The lowest BCUT2D eigenvalue weighted by atomic mass is 9.73. The number of rotatable bonds is 4. The van der Waals surface area contributed by atoms with Crippen molar-refractivity contribution in [2.45, 2.75) is 116 Å². The summed E-state index contributed by atoms with van der Waals surface area (Å²) in [4.78, 5) is 50.7. The second-order valence-corrected chi connectivity index (χ2v) is 11.0. The third-order valence-corrected chi connectivity index (χ3v) is 8.71. The summed E-state index contributed by atoms with van der Waals surface area (Å²) in [6, 6.07) is 0.